The van der Waals surface area contributed by atoms with E-state index in [-0.39, 0.29) is 5.78 Å². The number of carbonyl (C=O) groups is 2. The van der Waals surface area contributed by atoms with Gasteiger partial charge in [-0.2, -0.15) is 0 Å². The van der Waals surface area contributed by atoms with Crippen LogP contribution in [0.3, 0.4) is 0 Å². The van der Waals surface area contributed by atoms with E-state index in [9.17, 15) is 9.59 Å². The van der Waals surface area contributed by atoms with Gasteiger partial charge in [-0.15, -0.1) is 0 Å². The van der Waals surface area contributed by atoms with Crippen molar-refractivity contribution in [2.45, 2.75) is 19.8 Å². The third-order valence-corrected chi connectivity index (χ3v) is 1.55. The van der Waals surface area contributed by atoms with Crippen LogP contribution >= 0.6 is 0 Å². The van der Waals surface area contributed by atoms with Gasteiger partial charge in [0.2, 0.25) is 5.91 Å². The predicted octanol–water partition coefficient (Wildman–Crippen LogP) is 1.17. The van der Waals surface area contributed by atoms with Gasteiger partial charge in [0.15, 0.2) is 5.78 Å². The van der Waals surface area contributed by atoms with Crippen molar-refractivity contribution >= 4 is 11.7 Å². The first-order valence-electron chi connectivity index (χ1n) is 3.75. The third-order valence-electron chi connectivity index (χ3n) is 1.55. The standard InChI is InChI=1S/C9H13NO2/c1-4-5-7(9(10)12)8(11)6(2)3/h7,10H,1-2,4-5H2,3H3. The summed E-state index contributed by atoms with van der Waals surface area (Å²) in [7, 11) is 0. The van der Waals surface area contributed by atoms with Gasteiger partial charge in [-0.1, -0.05) is 19.9 Å². The maximum atomic E-state index is 11.2. The van der Waals surface area contributed by atoms with E-state index in [1.165, 1.54) is 0 Å². The molecule has 1 unspecified atom stereocenters. The summed E-state index contributed by atoms with van der Waals surface area (Å²) < 4.78 is 0. The molecule has 0 aliphatic heterocycles. The molecule has 0 rings (SSSR count). The number of hydrogen-bond acceptors (Lipinski definition) is 2. The number of hydrogen-bond donors (Lipinski definition) is 0. The molecule has 0 aliphatic rings. The van der Waals surface area contributed by atoms with E-state index in [1.54, 1.807) is 6.92 Å². The van der Waals surface area contributed by atoms with E-state index < -0.39 is 11.8 Å². The van der Waals surface area contributed by atoms with Gasteiger partial charge in [-0.3, -0.25) is 15.3 Å². The van der Waals surface area contributed by atoms with Crippen LogP contribution < -0.4 is 5.73 Å². The lowest BCUT2D eigenvalue weighted by molar-refractivity contribution is -0.130. The zero-order valence-corrected chi connectivity index (χ0v) is 7.22. The molecule has 0 fully saturated rings. The van der Waals surface area contributed by atoms with E-state index in [2.05, 4.69) is 13.5 Å². The second-order valence-corrected chi connectivity index (χ2v) is 2.70. The summed E-state index contributed by atoms with van der Waals surface area (Å²) in [5, 5.41) is 0. The number of amides is 1. The molecule has 0 aromatic heterocycles. The van der Waals surface area contributed by atoms with E-state index in [0.717, 1.165) is 0 Å². The summed E-state index contributed by atoms with van der Waals surface area (Å²) in [4.78, 5) is 21.9. The molecule has 1 amide bonds. The number of allylic oxidation sites excluding steroid dienone is 1. The lowest BCUT2D eigenvalue weighted by Gasteiger charge is -2.09. The van der Waals surface area contributed by atoms with Crippen LogP contribution in [0.15, 0.2) is 12.2 Å². The summed E-state index contributed by atoms with van der Waals surface area (Å²) >= 11 is 0. The fraction of sp³-hybridized carbons (Fsp3) is 0.444. The highest BCUT2D eigenvalue weighted by molar-refractivity contribution is 6.08. The molecular weight excluding hydrogens is 154 g/mol. The maximum Gasteiger partial charge on any atom is 0.249 e. The predicted molar refractivity (Wildman–Crippen MR) is 46.0 cm³/mol. The molecule has 3 heteroatoms. The second kappa shape index (κ2) is 4.70. The number of rotatable bonds is 5. The van der Waals surface area contributed by atoms with E-state index in [4.69, 9.17) is 5.73 Å². The van der Waals surface area contributed by atoms with Gasteiger partial charge >= 0.3 is 0 Å². The van der Waals surface area contributed by atoms with Crippen molar-refractivity contribution in [3.05, 3.63) is 19.1 Å². The van der Waals surface area contributed by atoms with Crippen LogP contribution in [0.25, 0.3) is 0 Å². The fourth-order valence-corrected chi connectivity index (χ4v) is 0.883. The van der Waals surface area contributed by atoms with Crippen LogP contribution in [0.1, 0.15) is 19.8 Å². The normalized spacial score (nSPS) is 12.2. The molecule has 0 saturated carbocycles. The van der Waals surface area contributed by atoms with Gasteiger partial charge in [0, 0.05) is 0 Å². The number of ketones is 1. The van der Waals surface area contributed by atoms with Crippen molar-refractivity contribution in [2.24, 2.45) is 5.92 Å². The van der Waals surface area contributed by atoms with Gasteiger partial charge in [0.25, 0.3) is 0 Å². The average Bonchev–Trinajstić information content (AvgIpc) is 1.98. The summed E-state index contributed by atoms with van der Waals surface area (Å²) in [6.07, 6.45) is 0.822. The molecule has 1 N–H and O–H groups in total. The van der Waals surface area contributed by atoms with Crippen LogP contribution in [0.5, 0.6) is 0 Å². The number of nitrogens with one attached hydrogen (secondary N) is 1. The highest BCUT2D eigenvalue weighted by Crippen LogP contribution is 2.11. The fourth-order valence-electron chi connectivity index (χ4n) is 0.883. The first-order chi connectivity index (χ1) is 5.50. The smallest absolute Gasteiger partial charge is 0.249 e. The van der Waals surface area contributed by atoms with Crippen LogP contribution in [0, 0.1) is 12.8 Å². The van der Waals surface area contributed by atoms with Crippen LogP contribution in [-0.2, 0) is 9.59 Å². The highest BCUT2D eigenvalue weighted by Gasteiger charge is 2.23. The Hall–Kier alpha value is -1.12. The Morgan fingerprint density at radius 2 is 2.00 bits per heavy atom. The second-order valence-electron chi connectivity index (χ2n) is 2.70. The Morgan fingerprint density at radius 1 is 1.50 bits per heavy atom. The van der Waals surface area contributed by atoms with E-state index in [0.29, 0.717) is 18.4 Å². The molecular formula is C9H13NO2. The van der Waals surface area contributed by atoms with Crippen LogP contribution in [-0.4, -0.2) is 11.7 Å². The maximum absolute atomic E-state index is 11.2. The Kier molecular flexibility index (Phi) is 4.26. The van der Waals surface area contributed by atoms with Crippen molar-refractivity contribution < 1.29 is 9.59 Å². The van der Waals surface area contributed by atoms with Gasteiger partial charge in [0.05, 0.1) is 0 Å². The minimum absolute atomic E-state index is 0.328. The molecule has 1 atom stereocenters. The summed E-state index contributed by atoms with van der Waals surface area (Å²) in [5.41, 5.74) is 7.16. The van der Waals surface area contributed by atoms with E-state index in [1.807, 2.05) is 0 Å². The van der Waals surface area contributed by atoms with Crippen molar-refractivity contribution in [3.8, 4) is 0 Å². The molecule has 0 aromatic carbocycles. The monoisotopic (exact) mass is 167 g/mol. The molecule has 0 saturated heterocycles. The third kappa shape index (κ3) is 2.86. The molecule has 2 radical (unpaired) electrons. The summed E-state index contributed by atoms with van der Waals surface area (Å²) in [6.45, 7) is 8.51. The quantitative estimate of drug-likeness (QED) is 0.456. The molecule has 0 aromatic rings. The van der Waals surface area contributed by atoms with Crippen LogP contribution in [0.4, 0.5) is 0 Å². The Morgan fingerprint density at radius 3 is 2.25 bits per heavy atom. The first-order valence-corrected chi connectivity index (χ1v) is 3.75. The Labute approximate surface area is 72.6 Å². The minimum Gasteiger partial charge on any atom is -0.294 e. The van der Waals surface area contributed by atoms with Crippen molar-refractivity contribution in [2.75, 3.05) is 0 Å². The molecule has 12 heavy (non-hydrogen) atoms. The number of carbonyl (C=O) groups excluding carboxylic acids is 2. The molecule has 0 heterocycles. The lowest BCUT2D eigenvalue weighted by atomic mass is 9.94. The van der Waals surface area contributed by atoms with Gasteiger partial charge in [-0.25, -0.2) is 0 Å². The zero-order valence-electron chi connectivity index (χ0n) is 7.22. The Bertz CT molecular complexity index is 209. The lowest BCUT2D eigenvalue weighted by Crippen LogP contribution is -2.25. The largest absolute Gasteiger partial charge is 0.294 e. The SMILES string of the molecule is [CH2]CCC(C([NH])=O)C(=O)C(=C)C. The summed E-state index contributed by atoms with van der Waals surface area (Å²) in [5.74, 6) is -2.02. The zero-order chi connectivity index (χ0) is 9.72. The first kappa shape index (κ1) is 10.9. The van der Waals surface area contributed by atoms with Crippen LogP contribution in [0.2, 0.25) is 0 Å². The molecule has 66 valence electrons. The molecule has 0 spiro atoms. The van der Waals surface area contributed by atoms with Crippen molar-refractivity contribution in [3.63, 3.8) is 0 Å². The molecule has 0 bridgehead atoms. The molecule has 0 aliphatic carbocycles. The number of Topliss-reactive ketones (excluding diaryl/α,β-unsaturated/α-hetero) is 1. The minimum atomic E-state index is -0.847. The van der Waals surface area contributed by atoms with Gasteiger partial charge in [0.1, 0.15) is 5.92 Å². The molecule has 3 nitrogen and oxygen atoms in total. The van der Waals surface area contributed by atoms with Gasteiger partial charge < -0.3 is 0 Å². The average molecular weight is 167 g/mol. The van der Waals surface area contributed by atoms with Gasteiger partial charge in [-0.05, 0) is 18.9 Å². The highest BCUT2D eigenvalue weighted by atomic mass is 16.2. The topological polar surface area (TPSA) is 57.9 Å². The summed E-state index contributed by atoms with van der Waals surface area (Å²) in [6, 6.07) is 0. The van der Waals surface area contributed by atoms with E-state index >= 15 is 0 Å². The van der Waals surface area contributed by atoms with Crippen molar-refractivity contribution in [1.82, 2.24) is 5.73 Å². The Balaban J connectivity index is 4.40. The van der Waals surface area contributed by atoms with Crippen molar-refractivity contribution in [1.29, 1.82) is 0 Å².